The molecule has 2 nitrogen and oxygen atoms in total. The van der Waals surface area contributed by atoms with E-state index in [1.165, 1.54) is 0 Å². The number of carbonyl (C=O) groups is 1. The summed E-state index contributed by atoms with van der Waals surface area (Å²) in [5.74, 6) is 0.278. The molecule has 0 heterocycles. The minimum atomic E-state index is 0.200. The minimum Gasteiger partial charge on any atom is -0.330 e. The maximum absolute atomic E-state index is 11.2. The summed E-state index contributed by atoms with van der Waals surface area (Å²) in [6.45, 7) is 8.55. The molecule has 0 spiro atoms. The number of ketones is 1. The van der Waals surface area contributed by atoms with Crippen molar-refractivity contribution >= 4 is 5.78 Å². The van der Waals surface area contributed by atoms with E-state index in [9.17, 15) is 4.79 Å². The Balaban J connectivity index is 3.72. The SMILES string of the molecule is C=CCC(=O)CCC(C)(C)CCN. The lowest BCUT2D eigenvalue weighted by Gasteiger charge is -2.23. The first-order chi connectivity index (χ1) is 6.02. The molecule has 2 N–H and O–H groups in total. The molecule has 13 heavy (non-hydrogen) atoms. The van der Waals surface area contributed by atoms with Gasteiger partial charge in [-0.15, -0.1) is 6.58 Å². The summed E-state index contributed by atoms with van der Waals surface area (Å²) in [4.78, 5) is 11.2. The van der Waals surface area contributed by atoms with Crippen LogP contribution in [0.15, 0.2) is 12.7 Å². The molecule has 0 unspecified atom stereocenters. The molecule has 0 aliphatic rings. The van der Waals surface area contributed by atoms with Crippen LogP contribution in [-0.2, 0) is 4.79 Å². The Bertz CT molecular complexity index is 173. The number of nitrogens with two attached hydrogens (primary N) is 1. The average molecular weight is 183 g/mol. The highest BCUT2D eigenvalue weighted by Crippen LogP contribution is 2.26. The first kappa shape index (κ1) is 12.4. The van der Waals surface area contributed by atoms with Crippen molar-refractivity contribution in [2.24, 2.45) is 11.1 Å². The maximum Gasteiger partial charge on any atom is 0.136 e. The first-order valence-electron chi connectivity index (χ1n) is 4.84. The van der Waals surface area contributed by atoms with Crippen molar-refractivity contribution in [3.63, 3.8) is 0 Å². The molecule has 76 valence electrons. The van der Waals surface area contributed by atoms with Crippen LogP contribution < -0.4 is 5.73 Å². The fourth-order valence-electron chi connectivity index (χ4n) is 1.26. The number of hydrogen-bond acceptors (Lipinski definition) is 2. The van der Waals surface area contributed by atoms with Crippen LogP contribution in [0.4, 0.5) is 0 Å². The summed E-state index contributed by atoms with van der Waals surface area (Å²) in [6, 6.07) is 0. The van der Waals surface area contributed by atoms with Gasteiger partial charge in [-0.1, -0.05) is 19.9 Å². The largest absolute Gasteiger partial charge is 0.330 e. The van der Waals surface area contributed by atoms with Crippen molar-refractivity contribution in [2.45, 2.75) is 39.5 Å². The van der Waals surface area contributed by atoms with Gasteiger partial charge in [-0.25, -0.2) is 0 Å². The van der Waals surface area contributed by atoms with E-state index in [0.717, 1.165) is 12.8 Å². The molecule has 0 fully saturated rings. The predicted molar refractivity (Wildman–Crippen MR) is 56.5 cm³/mol. The van der Waals surface area contributed by atoms with Crippen LogP contribution >= 0.6 is 0 Å². The zero-order chi connectivity index (χ0) is 10.3. The fourth-order valence-corrected chi connectivity index (χ4v) is 1.26. The smallest absolute Gasteiger partial charge is 0.136 e. The Hall–Kier alpha value is -0.630. The molecule has 0 amide bonds. The second-order valence-electron chi connectivity index (χ2n) is 4.23. The van der Waals surface area contributed by atoms with Gasteiger partial charge in [-0.05, 0) is 24.8 Å². The standard InChI is InChI=1S/C11H21NO/c1-4-5-10(13)6-7-11(2,3)8-9-12/h4H,1,5-9,12H2,2-3H3. The van der Waals surface area contributed by atoms with Gasteiger partial charge in [0, 0.05) is 12.8 Å². The third-order valence-electron chi connectivity index (χ3n) is 2.27. The van der Waals surface area contributed by atoms with Gasteiger partial charge in [0.1, 0.15) is 5.78 Å². The van der Waals surface area contributed by atoms with E-state index >= 15 is 0 Å². The van der Waals surface area contributed by atoms with Crippen LogP contribution in [0, 0.1) is 5.41 Å². The van der Waals surface area contributed by atoms with E-state index in [1.54, 1.807) is 6.08 Å². The molecule has 0 bridgehead atoms. The van der Waals surface area contributed by atoms with Gasteiger partial charge in [0.05, 0.1) is 0 Å². The highest BCUT2D eigenvalue weighted by Gasteiger charge is 2.17. The fraction of sp³-hybridized carbons (Fsp3) is 0.727. The van der Waals surface area contributed by atoms with Crippen LogP contribution in [0.25, 0.3) is 0 Å². The number of rotatable bonds is 7. The average Bonchev–Trinajstić information content (AvgIpc) is 2.02. The normalized spacial score (nSPS) is 11.3. The molecule has 0 saturated carbocycles. The zero-order valence-corrected chi connectivity index (χ0v) is 8.81. The van der Waals surface area contributed by atoms with E-state index in [0.29, 0.717) is 19.4 Å². The summed E-state index contributed by atoms with van der Waals surface area (Å²) < 4.78 is 0. The molecular formula is C11H21NO. The van der Waals surface area contributed by atoms with E-state index in [4.69, 9.17) is 5.73 Å². The summed E-state index contributed by atoms with van der Waals surface area (Å²) in [5, 5.41) is 0. The van der Waals surface area contributed by atoms with Crippen LogP contribution in [-0.4, -0.2) is 12.3 Å². The van der Waals surface area contributed by atoms with Gasteiger partial charge in [0.15, 0.2) is 0 Å². The lowest BCUT2D eigenvalue weighted by atomic mass is 9.83. The number of carbonyl (C=O) groups excluding carboxylic acids is 1. The first-order valence-corrected chi connectivity index (χ1v) is 4.84. The maximum atomic E-state index is 11.2. The van der Waals surface area contributed by atoms with Crippen molar-refractivity contribution < 1.29 is 4.79 Å². The van der Waals surface area contributed by atoms with Crippen LogP contribution in [0.5, 0.6) is 0 Å². The lowest BCUT2D eigenvalue weighted by Crippen LogP contribution is -2.18. The topological polar surface area (TPSA) is 43.1 Å². The van der Waals surface area contributed by atoms with Crippen molar-refractivity contribution in [3.05, 3.63) is 12.7 Å². The van der Waals surface area contributed by atoms with Crippen molar-refractivity contribution in [1.82, 2.24) is 0 Å². The molecular weight excluding hydrogens is 162 g/mol. The molecule has 0 atom stereocenters. The monoisotopic (exact) mass is 183 g/mol. The van der Waals surface area contributed by atoms with Gasteiger partial charge < -0.3 is 5.73 Å². The third kappa shape index (κ3) is 6.52. The summed E-state index contributed by atoms with van der Waals surface area (Å²) in [5.41, 5.74) is 5.68. The quantitative estimate of drug-likeness (QED) is 0.615. The molecule has 0 saturated heterocycles. The molecule has 0 aromatic heterocycles. The summed E-state index contributed by atoms with van der Waals surface area (Å²) in [7, 11) is 0. The Labute approximate surface area is 81.2 Å². The van der Waals surface area contributed by atoms with E-state index in [2.05, 4.69) is 20.4 Å². The molecule has 0 aliphatic heterocycles. The van der Waals surface area contributed by atoms with Crippen molar-refractivity contribution in [2.75, 3.05) is 6.54 Å². The highest BCUT2D eigenvalue weighted by atomic mass is 16.1. The summed E-state index contributed by atoms with van der Waals surface area (Å²) in [6.07, 6.45) is 4.72. The predicted octanol–water partition coefficient (Wildman–Crippen LogP) is 2.29. The molecule has 0 aromatic rings. The molecule has 0 rings (SSSR count). The highest BCUT2D eigenvalue weighted by molar-refractivity contribution is 5.79. The van der Waals surface area contributed by atoms with E-state index in [-0.39, 0.29) is 11.2 Å². The van der Waals surface area contributed by atoms with Crippen molar-refractivity contribution in [1.29, 1.82) is 0 Å². The van der Waals surface area contributed by atoms with Crippen LogP contribution in [0.3, 0.4) is 0 Å². The Morgan fingerprint density at radius 1 is 1.46 bits per heavy atom. The van der Waals surface area contributed by atoms with Gasteiger partial charge in [0.2, 0.25) is 0 Å². The number of hydrogen-bond donors (Lipinski definition) is 1. The number of allylic oxidation sites excluding steroid dienone is 1. The van der Waals surface area contributed by atoms with Gasteiger partial charge in [-0.3, -0.25) is 4.79 Å². The number of Topliss-reactive ketones (excluding diaryl/α,β-unsaturated/α-hetero) is 1. The van der Waals surface area contributed by atoms with Crippen molar-refractivity contribution in [3.8, 4) is 0 Å². The van der Waals surface area contributed by atoms with Gasteiger partial charge >= 0.3 is 0 Å². The molecule has 0 aliphatic carbocycles. The summed E-state index contributed by atoms with van der Waals surface area (Å²) >= 11 is 0. The van der Waals surface area contributed by atoms with Gasteiger partial charge in [0.25, 0.3) is 0 Å². The minimum absolute atomic E-state index is 0.200. The Morgan fingerprint density at radius 3 is 2.54 bits per heavy atom. The molecule has 0 radical (unpaired) electrons. The molecule has 2 heteroatoms. The lowest BCUT2D eigenvalue weighted by molar-refractivity contribution is -0.118. The Morgan fingerprint density at radius 2 is 2.08 bits per heavy atom. The van der Waals surface area contributed by atoms with Crippen LogP contribution in [0.2, 0.25) is 0 Å². The van der Waals surface area contributed by atoms with Crippen LogP contribution in [0.1, 0.15) is 39.5 Å². The third-order valence-corrected chi connectivity index (χ3v) is 2.27. The van der Waals surface area contributed by atoms with Gasteiger partial charge in [-0.2, -0.15) is 0 Å². The van der Waals surface area contributed by atoms with E-state index in [1.807, 2.05) is 0 Å². The Kier molecular flexibility index (Phi) is 5.63. The zero-order valence-electron chi connectivity index (χ0n) is 8.81. The molecule has 0 aromatic carbocycles. The van der Waals surface area contributed by atoms with E-state index < -0.39 is 0 Å². The second-order valence-corrected chi connectivity index (χ2v) is 4.23. The second kappa shape index (κ2) is 5.92.